The molecule has 25 heavy (non-hydrogen) atoms. The molecule has 6 nitrogen and oxygen atoms in total. The number of aromatic nitrogens is 4. The smallest absolute Gasteiger partial charge is 0.221 e. The van der Waals surface area contributed by atoms with Crippen molar-refractivity contribution in [2.75, 3.05) is 11.1 Å². The third kappa shape index (κ3) is 3.01. The maximum absolute atomic E-state index is 5.64. The number of aryl methyl sites for hydroxylation is 2. The minimum atomic E-state index is 0.241. The van der Waals surface area contributed by atoms with Gasteiger partial charge >= 0.3 is 0 Å². The van der Waals surface area contributed by atoms with Gasteiger partial charge in [0.15, 0.2) is 0 Å². The monoisotopic (exact) mass is 330 g/mol. The molecule has 6 heteroatoms. The molecule has 0 bridgehead atoms. The van der Waals surface area contributed by atoms with Crippen LogP contribution in [-0.4, -0.2) is 20.2 Å². The highest BCUT2D eigenvalue weighted by Crippen LogP contribution is 2.30. The van der Waals surface area contributed by atoms with Crippen LogP contribution in [0, 0.1) is 13.8 Å². The van der Waals surface area contributed by atoms with Crippen molar-refractivity contribution in [1.29, 1.82) is 0 Å². The summed E-state index contributed by atoms with van der Waals surface area (Å²) in [7, 11) is 0. The lowest BCUT2D eigenvalue weighted by Gasteiger charge is -2.07. The molecule has 124 valence electrons. The van der Waals surface area contributed by atoms with E-state index >= 15 is 0 Å². The van der Waals surface area contributed by atoms with Crippen LogP contribution in [0.2, 0.25) is 0 Å². The molecule has 0 fully saturated rings. The quantitative estimate of drug-likeness (QED) is 0.529. The van der Waals surface area contributed by atoms with Gasteiger partial charge in [0.05, 0.1) is 11.2 Å². The molecular weight excluding hydrogens is 312 g/mol. The third-order valence-corrected chi connectivity index (χ3v) is 4.00. The molecule has 0 saturated heterocycles. The topological polar surface area (TPSA) is 92.5 Å². The average Bonchev–Trinajstić information content (AvgIpc) is 2.97. The zero-order chi connectivity index (χ0) is 17.4. The molecule has 2 aromatic carbocycles. The summed E-state index contributed by atoms with van der Waals surface area (Å²) in [4.78, 5) is 8.08. The SMILES string of the molecule is Cc1cc(C)cc(-c2n[nH]c3ccc(Nc4ccnc(N)n4)cc23)c1. The van der Waals surface area contributed by atoms with Gasteiger partial charge < -0.3 is 11.1 Å². The summed E-state index contributed by atoms with van der Waals surface area (Å²) in [6.07, 6.45) is 1.63. The first-order valence-electron chi connectivity index (χ1n) is 8.01. The average molecular weight is 330 g/mol. The van der Waals surface area contributed by atoms with Crippen molar-refractivity contribution in [3.8, 4) is 11.3 Å². The number of hydrogen-bond donors (Lipinski definition) is 3. The fraction of sp³-hybridized carbons (Fsp3) is 0.105. The van der Waals surface area contributed by atoms with Gasteiger partial charge in [-0.25, -0.2) is 4.98 Å². The molecular formula is C19H18N6. The van der Waals surface area contributed by atoms with E-state index in [9.17, 15) is 0 Å². The first-order valence-corrected chi connectivity index (χ1v) is 8.01. The van der Waals surface area contributed by atoms with Gasteiger partial charge in [0.1, 0.15) is 5.82 Å². The molecule has 0 radical (unpaired) electrons. The first kappa shape index (κ1) is 15.1. The first-order chi connectivity index (χ1) is 12.1. The summed E-state index contributed by atoms with van der Waals surface area (Å²) < 4.78 is 0. The van der Waals surface area contributed by atoms with Crippen LogP contribution in [0.3, 0.4) is 0 Å². The Morgan fingerprint density at radius 1 is 1.00 bits per heavy atom. The number of hydrogen-bond acceptors (Lipinski definition) is 5. The van der Waals surface area contributed by atoms with Gasteiger partial charge in [-0.15, -0.1) is 0 Å². The van der Waals surface area contributed by atoms with Crippen LogP contribution in [0.4, 0.5) is 17.5 Å². The molecule has 0 saturated carbocycles. The van der Waals surface area contributed by atoms with E-state index in [2.05, 4.69) is 63.6 Å². The molecule has 2 aromatic heterocycles. The number of fused-ring (bicyclic) bond motifs is 1. The summed E-state index contributed by atoms with van der Waals surface area (Å²) >= 11 is 0. The van der Waals surface area contributed by atoms with E-state index in [1.54, 1.807) is 12.3 Å². The van der Waals surface area contributed by atoms with Crippen molar-refractivity contribution < 1.29 is 0 Å². The lowest BCUT2D eigenvalue weighted by Crippen LogP contribution is -1.98. The number of anilines is 3. The van der Waals surface area contributed by atoms with E-state index in [0.717, 1.165) is 27.8 Å². The molecule has 0 spiro atoms. The number of benzene rings is 2. The highest BCUT2D eigenvalue weighted by molar-refractivity contribution is 5.95. The van der Waals surface area contributed by atoms with E-state index in [1.807, 2.05) is 12.1 Å². The van der Waals surface area contributed by atoms with Crippen LogP contribution in [0.15, 0.2) is 48.7 Å². The van der Waals surface area contributed by atoms with Crippen molar-refractivity contribution in [3.05, 3.63) is 59.8 Å². The van der Waals surface area contributed by atoms with E-state index in [0.29, 0.717) is 5.82 Å². The molecule has 0 atom stereocenters. The molecule has 0 unspecified atom stereocenters. The summed E-state index contributed by atoms with van der Waals surface area (Å²) in [6.45, 7) is 4.19. The molecule has 2 heterocycles. The number of rotatable bonds is 3. The van der Waals surface area contributed by atoms with Gasteiger partial charge in [-0.05, 0) is 50.2 Å². The lowest BCUT2D eigenvalue weighted by molar-refractivity contribution is 1.12. The zero-order valence-electron chi connectivity index (χ0n) is 14.0. The van der Waals surface area contributed by atoms with Crippen molar-refractivity contribution in [3.63, 3.8) is 0 Å². The van der Waals surface area contributed by atoms with Gasteiger partial charge in [-0.3, -0.25) is 5.10 Å². The van der Waals surface area contributed by atoms with Crippen LogP contribution in [0.1, 0.15) is 11.1 Å². The molecule has 4 rings (SSSR count). The molecule has 4 N–H and O–H groups in total. The summed E-state index contributed by atoms with van der Waals surface area (Å²) in [5.74, 6) is 0.897. The Bertz CT molecular complexity index is 1050. The Morgan fingerprint density at radius 3 is 2.56 bits per heavy atom. The van der Waals surface area contributed by atoms with Gasteiger partial charge in [0, 0.05) is 22.8 Å². The minimum Gasteiger partial charge on any atom is -0.368 e. The van der Waals surface area contributed by atoms with Crippen molar-refractivity contribution in [2.24, 2.45) is 0 Å². The summed E-state index contributed by atoms with van der Waals surface area (Å²) in [6, 6.07) is 14.3. The number of nitrogens with two attached hydrogens (primary N) is 1. The van der Waals surface area contributed by atoms with Crippen LogP contribution >= 0.6 is 0 Å². The standard InChI is InChI=1S/C19H18N6/c1-11-7-12(2)9-13(8-11)18-15-10-14(3-4-16(15)24-25-18)22-17-5-6-21-19(20)23-17/h3-10H,1-2H3,(H,24,25)(H3,20,21,22,23). The Morgan fingerprint density at radius 2 is 1.80 bits per heavy atom. The summed E-state index contributed by atoms with van der Waals surface area (Å²) in [5.41, 5.74) is 12.0. The lowest BCUT2D eigenvalue weighted by atomic mass is 10.0. The predicted molar refractivity (Wildman–Crippen MR) is 101 cm³/mol. The van der Waals surface area contributed by atoms with Crippen LogP contribution in [-0.2, 0) is 0 Å². The van der Waals surface area contributed by atoms with E-state index in [4.69, 9.17) is 5.73 Å². The minimum absolute atomic E-state index is 0.241. The fourth-order valence-electron chi connectivity index (χ4n) is 3.01. The molecule has 0 aliphatic rings. The number of H-pyrrole nitrogens is 1. The Hall–Kier alpha value is -3.41. The van der Waals surface area contributed by atoms with Gasteiger partial charge in [0.2, 0.25) is 5.95 Å². The number of nitrogens with one attached hydrogen (secondary N) is 2. The van der Waals surface area contributed by atoms with E-state index in [-0.39, 0.29) is 5.95 Å². The predicted octanol–water partition coefficient (Wildman–Crippen LogP) is 3.96. The van der Waals surface area contributed by atoms with Crippen LogP contribution in [0.25, 0.3) is 22.2 Å². The number of nitrogen functional groups attached to an aromatic ring is 1. The second-order valence-electron chi connectivity index (χ2n) is 6.13. The molecule has 0 aliphatic heterocycles. The molecule has 0 aliphatic carbocycles. The fourth-order valence-corrected chi connectivity index (χ4v) is 3.01. The normalized spacial score (nSPS) is 11.0. The maximum atomic E-state index is 5.64. The number of aromatic amines is 1. The zero-order valence-corrected chi connectivity index (χ0v) is 14.0. The Balaban J connectivity index is 1.77. The largest absolute Gasteiger partial charge is 0.368 e. The highest BCUT2D eigenvalue weighted by Gasteiger charge is 2.10. The van der Waals surface area contributed by atoms with Crippen LogP contribution < -0.4 is 11.1 Å². The van der Waals surface area contributed by atoms with Crippen molar-refractivity contribution >= 4 is 28.4 Å². The van der Waals surface area contributed by atoms with Crippen LogP contribution in [0.5, 0.6) is 0 Å². The number of nitrogens with zero attached hydrogens (tertiary/aromatic N) is 3. The second-order valence-corrected chi connectivity index (χ2v) is 6.13. The van der Waals surface area contributed by atoms with Crippen molar-refractivity contribution in [1.82, 2.24) is 20.2 Å². The van der Waals surface area contributed by atoms with Gasteiger partial charge in [-0.2, -0.15) is 10.1 Å². The van der Waals surface area contributed by atoms with E-state index < -0.39 is 0 Å². The van der Waals surface area contributed by atoms with E-state index in [1.165, 1.54) is 11.1 Å². The van der Waals surface area contributed by atoms with Gasteiger partial charge in [0.25, 0.3) is 0 Å². The van der Waals surface area contributed by atoms with Gasteiger partial charge in [-0.1, -0.05) is 17.2 Å². The maximum Gasteiger partial charge on any atom is 0.221 e. The summed E-state index contributed by atoms with van der Waals surface area (Å²) in [5, 5.41) is 11.9. The molecule has 0 amide bonds. The Kier molecular flexibility index (Phi) is 3.57. The highest BCUT2D eigenvalue weighted by atomic mass is 15.1. The Labute approximate surface area is 145 Å². The molecule has 4 aromatic rings. The second kappa shape index (κ2) is 5.90. The van der Waals surface area contributed by atoms with Crippen molar-refractivity contribution in [2.45, 2.75) is 13.8 Å². The third-order valence-electron chi connectivity index (χ3n) is 4.00.